The maximum Gasteiger partial charge on any atom is 0.416 e. The largest absolute Gasteiger partial charge is 0.416 e. The SMILES string of the molecule is CNC(=O)C1(c2cc(-c3cccc(NC(=O)Nc4cccc(C(F)(F)F)c4)c3)c3c(N)nn(C)c3n2)CC1. The Balaban J connectivity index is 1.48. The van der Waals surface area contributed by atoms with Gasteiger partial charge in [0.25, 0.3) is 0 Å². The molecule has 0 radical (unpaired) electrons. The number of alkyl halides is 3. The third kappa shape index (κ3) is 4.49. The molecule has 4 aromatic rings. The number of nitrogens with zero attached hydrogens (tertiary/aromatic N) is 3. The number of pyridine rings is 1. The molecular weight excluding hydrogens is 499 g/mol. The summed E-state index contributed by atoms with van der Waals surface area (Å²) in [6.07, 6.45) is -3.20. The maximum atomic E-state index is 13.0. The fourth-order valence-electron chi connectivity index (χ4n) is 4.55. The summed E-state index contributed by atoms with van der Waals surface area (Å²) in [5.74, 6) is 0.147. The minimum Gasteiger partial charge on any atom is -0.382 e. The van der Waals surface area contributed by atoms with E-state index >= 15 is 0 Å². The molecule has 3 amide bonds. The molecule has 1 fully saturated rings. The Bertz CT molecular complexity index is 1580. The molecule has 0 atom stereocenters. The lowest BCUT2D eigenvalue weighted by molar-refractivity contribution is -0.137. The number of carbonyl (C=O) groups excluding carboxylic acids is 2. The van der Waals surface area contributed by atoms with Crippen molar-refractivity contribution in [1.29, 1.82) is 0 Å². The molecule has 12 heteroatoms. The van der Waals surface area contributed by atoms with Gasteiger partial charge in [0.1, 0.15) is 0 Å². The molecule has 2 aromatic carbocycles. The first kappa shape index (κ1) is 25.1. The van der Waals surface area contributed by atoms with Crippen molar-refractivity contribution in [2.45, 2.75) is 24.4 Å². The van der Waals surface area contributed by atoms with Crippen LogP contribution in [0.25, 0.3) is 22.2 Å². The second kappa shape index (κ2) is 9.05. The van der Waals surface area contributed by atoms with Gasteiger partial charge in [-0.25, -0.2) is 14.5 Å². The molecule has 1 aliphatic carbocycles. The van der Waals surface area contributed by atoms with E-state index in [4.69, 9.17) is 10.7 Å². The van der Waals surface area contributed by atoms with Gasteiger partial charge < -0.3 is 21.7 Å². The smallest absolute Gasteiger partial charge is 0.382 e. The number of likely N-dealkylation sites (N-methyl/N-ethyl adjacent to an activating group) is 1. The molecule has 196 valence electrons. The Hall–Kier alpha value is -4.61. The van der Waals surface area contributed by atoms with Crippen LogP contribution < -0.4 is 21.7 Å². The Morgan fingerprint density at radius 1 is 1.03 bits per heavy atom. The number of aromatic nitrogens is 3. The van der Waals surface area contributed by atoms with Gasteiger partial charge in [-0.15, -0.1) is 0 Å². The monoisotopic (exact) mass is 523 g/mol. The number of amides is 3. The van der Waals surface area contributed by atoms with E-state index in [0.717, 1.165) is 12.1 Å². The number of hydrogen-bond acceptors (Lipinski definition) is 5. The van der Waals surface area contributed by atoms with Crippen molar-refractivity contribution in [3.05, 3.63) is 65.9 Å². The van der Waals surface area contributed by atoms with E-state index in [0.29, 0.717) is 46.4 Å². The molecule has 38 heavy (non-hydrogen) atoms. The predicted octanol–water partition coefficient (Wildman–Crippen LogP) is 4.66. The van der Waals surface area contributed by atoms with Crippen LogP contribution in [-0.2, 0) is 23.4 Å². The second-order valence-corrected chi connectivity index (χ2v) is 9.16. The predicted molar refractivity (Wildman–Crippen MR) is 137 cm³/mol. The highest BCUT2D eigenvalue weighted by atomic mass is 19.4. The van der Waals surface area contributed by atoms with Crippen LogP contribution in [0.2, 0.25) is 0 Å². The lowest BCUT2D eigenvalue weighted by atomic mass is 9.95. The molecular formula is C26H24F3N7O2. The first-order valence-corrected chi connectivity index (χ1v) is 11.7. The molecule has 0 bridgehead atoms. The van der Waals surface area contributed by atoms with Gasteiger partial charge in [0.2, 0.25) is 5.91 Å². The number of anilines is 3. The Morgan fingerprint density at radius 2 is 1.68 bits per heavy atom. The maximum absolute atomic E-state index is 13.0. The zero-order chi connectivity index (χ0) is 27.2. The van der Waals surface area contributed by atoms with Gasteiger partial charge in [0, 0.05) is 25.5 Å². The van der Waals surface area contributed by atoms with Crippen LogP contribution in [0.4, 0.5) is 35.2 Å². The number of nitrogens with two attached hydrogens (primary N) is 1. The van der Waals surface area contributed by atoms with E-state index in [-0.39, 0.29) is 17.4 Å². The Morgan fingerprint density at radius 3 is 2.32 bits per heavy atom. The van der Waals surface area contributed by atoms with Crippen molar-refractivity contribution in [2.75, 3.05) is 23.4 Å². The zero-order valence-electron chi connectivity index (χ0n) is 20.5. The minimum atomic E-state index is -4.53. The summed E-state index contributed by atoms with van der Waals surface area (Å²) < 4.78 is 40.6. The van der Waals surface area contributed by atoms with Crippen LogP contribution in [-0.4, -0.2) is 33.8 Å². The number of halogens is 3. The van der Waals surface area contributed by atoms with Gasteiger partial charge in [-0.1, -0.05) is 18.2 Å². The molecule has 0 saturated heterocycles. The minimum absolute atomic E-state index is 0.000953. The summed E-state index contributed by atoms with van der Waals surface area (Å²) in [5, 5.41) is 12.7. The summed E-state index contributed by atoms with van der Waals surface area (Å²) in [6, 6.07) is 12.4. The van der Waals surface area contributed by atoms with Crippen molar-refractivity contribution in [2.24, 2.45) is 7.05 Å². The van der Waals surface area contributed by atoms with Crippen molar-refractivity contribution in [1.82, 2.24) is 20.1 Å². The van der Waals surface area contributed by atoms with Gasteiger partial charge in [-0.05, 0) is 60.4 Å². The van der Waals surface area contributed by atoms with Gasteiger partial charge in [0.15, 0.2) is 11.5 Å². The average molecular weight is 524 g/mol. The first-order chi connectivity index (χ1) is 18.0. The molecule has 2 aromatic heterocycles. The number of fused-ring (bicyclic) bond motifs is 1. The van der Waals surface area contributed by atoms with E-state index in [9.17, 15) is 22.8 Å². The number of nitrogens with one attached hydrogen (secondary N) is 3. The van der Waals surface area contributed by atoms with E-state index in [1.165, 1.54) is 12.1 Å². The zero-order valence-corrected chi connectivity index (χ0v) is 20.5. The highest BCUT2D eigenvalue weighted by Gasteiger charge is 2.52. The fourth-order valence-corrected chi connectivity index (χ4v) is 4.55. The number of nitrogen functional groups attached to an aromatic ring is 1. The van der Waals surface area contributed by atoms with Crippen LogP contribution >= 0.6 is 0 Å². The molecule has 1 aliphatic rings. The molecule has 5 N–H and O–H groups in total. The molecule has 5 rings (SSSR count). The fraction of sp³-hybridized carbons (Fsp3) is 0.231. The van der Waals surface area contributed by atoms with Crippen LogP contribution in [0.3, 0.4) is 0 Å². The van der Waals surface area contributed by atoms with E-state index in [2.05, 4.69) is 21.0 Å². The normalized spacial score (nSPS) is 14.2. The first-order valence-electron chi connectivity index (χ1n) is 11.7. The Labute approximate surface area is 215 Å². The number of urea groups is 1. The van der Waals surface area contributed by atoms with Crippen molar-refractivity contribution < 1.29 is 22.8 Å². The van der Waals surface area contributed by atoms with Gasteiger partial charge >= 0.3 is 12.2 Å². The number of rotatable bonds is 5. The molecule has 0 aliphatic heterocycles. The topological polar surface area (TPSA) is 127 Å². The summed E-state index contributed by atoms with van der Waals surface area (Å²) >= 11 is 0. The highest BCUT2D eigenvalue weighted by molar-refractivity contribution is 6.03. The molecule has 0 spiro atoms. The third-order valence-corrected chi connectivity index (χ3v) is 6.60. The van der Waals surface area contributed by atoms with E-state index in [1.807, 2.05) is 12.1 Å². The van der Waals surface area contributed by atoms with Crippen molar-refractivity contribution in [3.63, 3.8) is 0 Å². The average Bonchev–Trinajstić information content (AvgIpc) is 3.64. The van der Waals surface area contributed by atoms with Crippen molar-refractivity contribution in [3.8, 4) is 11.1 Å². The van der Waals surface area contributed by atoms with Crippen LogP contribution in [0.5, 0.6) is 0 Å². The van der Waals surface area contributed by atoms with Gasteiger partial charge in [-0.2, -0.15) is 18.3 Å². The highest BCUT2D eigenvalue weighted by Crippen LogP contribution is 2.49. The Kier molecular flexibility index (Phi) is 5.97. The molecule has 2 heterocycles. The number of carbonyl (C=O) groups is 2. The number of hydrogen-bond donors (Lipinski definition) is 4. The van der Waals surface area contributed by atoms with Crippen LogP contribution in [0.1, 0.15) is 24.1 Å². The van der Waals surface area contributed by atoms with Gasteiger partial charge in [-0.3, -0.25) is 4.79 Å². The van der Waals surface area contributed by atoms with Crippen LogP contribution in [0, 0.1) is 0 Å². The van der Waals surface area contributed by atoms with E-state index in [1.54, 1.807) is 37.0 Å². The summed E-state index contributed by atoms with van der Waals surface area (Å²) in [7, 11) is 3.30. The quantitative estimate of drug-likeness (QED) is 0.303. The standard InChI is InChI=1S/C26H24F3N7O2/c1-31-23(37)25(9-10-25)19-13-18(20-21(30)35-36(2)22(20)34-19)14-5-3-7-16(11-14)32-24(38)33-17-8-4-6-15(12-17)26(27,28)29/h3-8,11-13H,9-10H2,1-2H3,(H2,30,35)(H,31,37)(H2,32,33,38). The lowest BCUT2D eigenvalue weighted by Crippen LogP contribution is -2.32. The summed E-state index contributed by atoms with van der Waals surface area (Å²) in [4.78, 5) is 30.0. The summed E-state index contributed by atoms with van der Waals surface area (Å²) in [5.41, 5.74) is 7.51. The van der Waals surface area contributed by atoms with Crippen LogP contribution in [0.15, 0.2) is 54.6 Å². The number of benzene rings is 2. The van der Waals surface area contributed by atoms with Gasteiger partial charge in [0.05, 0.1) is 22.1 Å². The molecule has 9 nitrogen and oxygen atoms in total. The number of aryl methyl sites for hydroxylation is 1. The van der Waals surface area contributed by atoms with Crippen molar-refractivity contribution >= 4 is 40.2 Å². The third-order valence-electron chi connectivity index (χ3n) is 6.60. The summed E-state index contributed by atoms with van der Waals surface area (Å²) in [6.45, 7) is 0. The van der Waals surface area contributed by atoms with E-state index < -0.39 is 23.2 Å². The molecule has 0 unspecified atom stereocenters. The molecule has 1 saturated carbocycles. The lowest BCUT2D eigenvalue weighted by Gasteiger charge is -2.16. The second-order valence-electron chi connectivity index (χ2n) is 9.16.